The van der Waals surface area contributed by atoms with E-state index in [4.69, 9.17) is 0 Å². The van der Waals surface area contributed by atoms with Gasteiger partial charge in [0.2, 0.25) is 0 Å². The van der Waals surface area contributed by atoms with Crippen molar-refractivity contribution in [3.8, 4) is 0 Å². The average Bonchev–Trinajstić information content (AvgIpc) is 2.35. The van der Waals surface area contributed by atoms with Crippen molar-refractivity contribution in [3.05, 3.63) is 24.6 Å². The molecule has 2 N–H and O–H groups in total. The summed E-state index contributed by atoms with van der Waals surface area (Å²) in [5.41, 5.74) is 2.26. The zero-order valence-electron chi connectivity index (χ0n) is 12.7. The van der Waals surface area contributed by atoms with Crippen molar-refractivity contribution in [1.29, 1.82) is 0 Å². The van der Waals surface area contributed by atoms with Crippen LogP contribution < -0.4 is 10.6 Å². The molecule has 3 heteroatoms. The molecular formula is C15H31N3. The molecule has 1 atom stereocenters. The van der Waals surface area contributed by atoms with Gasteiger partial charge in [-0.3, -0.25) is 0 Å². The molecule has 0 aliphatic heterocycles. The van der Waals surface area contributed by atoms with E-state index in [1.54, 1.807) is 0 Å². The van der Waals surface area contributed by atoms with Crippen LogP contribution in [-0.4, -0.2) is 31.2 Å². The molecule has 0 saturated carbocycles. The van der Waals surface area contributed by atoms with Gasteiger partial charge in [0.1, 0.15) is 0 Å². The van der Waals surface area contributed by atoms with Crippen molar-refractivity contribution in [2.45, 2.75) is 52.5 Å². The second-order valence-corrected chi connectivity index (χ2v) is 4.97. The first-order valence-electron chi connectivity index (χ1n) is 7.05. The van der Waals surface area contributed by atoms with Crippen molar-refractivity contribution in [2.75, 3.05) is 20.3 Å². The van der Waals surface area contributed by atoms with Crippen LogP contribution in [0.25, 0.3) is 0 Å². The summed E-state index contributed by atoms with van der Waals surface area (Å²) in [6.45, 7) is 16.5. The van der Waals surface area contributed by atoms with Gasteiger partial charge in [0.25, 0.3) is 0 Å². The first kappa shape index (κ1) is 17.0. The summed E-state index contributed by atoms with van der Waals surface area (Å²) < 4.78 is 0. The number of allylic oxidation sites excluding steroid dienone is 1. The summed E-state index contributed by atoms with van der Waals surface area (Å²) in [6, 6.07) is 0.588. The van der Waals surface area contributed by atoms with Crippen molar-refractivity contribution in [2.24, 2.45) is 0 Å². The van der Waals surface area contributed by atoms with Crippen LogP contribution in [-0.2, 0) is 0 Å². The number of nitrogens with one attached hydrogen (secondary N) is 2. The Morgan fingerprint density at radius 2 is 1.89 bits per heavy atom. The van der Waals surface area contributed by atoms with Crippen LogP contribution in [0.3, 0.4) is 0 Å². The maximum absolute atomic E-state index is 4.06. The van der Waals surface area contributed by atoms with E-state index in [2.05, 4.69) is 56.5 Å². The van der Waals surface area contributed by atoms with E-state index in [0.29, 0.717) is 6.04 Å². The van der Waals surface area contributed by atoms with Crippen LogP contribution in [0.2, 0.25) is 0 Å². The van der Waals surface area contributed by atoms with E-state index < -0.39 is 0 Å². The number of rotatable bonds is 11. The zero-order valence-corrected chi connectivity index (χ0v) is 12.7. The Kier molecular flexibility index (Phi) is 9.47. The highest BCUT2D eigenvalue weighted by Gasteiger charge is 2.02. The molecule has 0 saturated heterocycles. The first-order chi connectivity index (χ1) is 8.51. The quantitative estimate of drug-likeness (QED) is 0.554. The lowest BCUT2D eigenvalue weighted by Gasteiger charge is -2.23. The van der Waals surface area contributed by atoms with Crippen molar-refractivity contribution >= 4 is 0 Å². The summed E-state index contributed by atoms with van der Waals surface area (Å²) in [6.07, 6.45) is 4.33. The minimum Gasteiger partial charge on any atom is -0.372 e. The summed E-state index contributed by atoms with van der Waals surface area (Å²) in [7, 11) is 2.07. The van der Waals surface area contributed by atoms with Crippen LogP contribution in [0.5, 0.6) is 0 Å². The molecule has 0 fully saturated rings. The normalized spacial score (nSPS) is 12.0. The summed E-state index contributed by atoms with van der Waals surface area (Å²) in [5, 5.41) is 6.81. The highest BCUT2D eigenvalue weighted by molar-refractivity contribution is 4.95. The van der Waals surface area contributed by atoms with Gasteiger partial charge in [-0.15, -0.1) is 0 Å². The highest BCUT2D eigenvalue weighted by Crippen LogP contribution is 2.05. The Labute approximate surface area is 113 Å². The van der Waals surface area contributed by atoms with Crippen LogP contribution in [0, 0.1) is 0 Å². The molecule has 0 spiro atoms. The smallest absolute Gasteiger partial charge is 0.0867 e. The molecule has 0 aromatic heterocycles. The molecule has 0 heterocycles. The Morgan fingerprint density at radius 1 is 1.22 bits per heavy atom. The standard InChI is InChI=1S/C15H31N3/c1-7-9-15(5)18(6)12-17-14(4)10-11-16-13(3)8-2/h13,16-17H,4-5,7-12H2,1-3,6H3. The van der Waals surface area contributed by atoms with E-state index in [9.17, 15) is 0 Å². The summed E-state index contributed by atoms with van der Waals surface area (Å²) >= 11 is 0. The maximum atomic E-state index is 4.06. The number of hydrogen-bond acceptors (Lipinski definition) is 3. The lowest BCUT2D eigenvalue weighted by atomic mass is 10.2. The third-order valence-electron chi connectivity index (χ3n) is 3.18. The van der Waals surface area contributed by atoms with Crippen molar-refractivity contribution < 1.29 is 0 Å². The topological polar surface area (TPSA) is 27.3 Å². The molecule has 1 unspecified atom stereocenters. The van der Waals surface area contributed by atoms with Gasteiger partial charge < -0.3 is 15.5 Å². The minimum atomic E-state index is 0.588. The molecule has 0 aliphatic rings. The van der Waals surface area contributed by atoms with Gasteiger partial charge in [0.05, 0.1) is 6.67 Å². The van der Waals surface area contributed by atoms with Crippen LogP contribution >= 0.6 is 0 Å². The third-order valence-corrected chi connectivity index (χ3v) is 3.18. The zero-order chi connectivity index (χ0) is 14.0. The predicted octanol–water partition coefficient (Wildman–Crippen LogP) is 3.07. The lowest BCUT2D eigenvalue weighted by molar-refractivity contribution is 0.378. The number of nitrogens with zero attached hydrogens (tertiary/aromatic N) is 1. The largest absolute Gasteiger partial charge is 0.372 e. The van der Waals surface area contributed by atoms with Gasteiger partial charge in [0, 0.05) is 31.0 Å². The Morgan fingerprint density at radius 3 is 2.44 bits per heavy atom. The van der Waals surface area contributed by atoms with E-state index in [0.717, 1.165) is 38.2 Å². The minimum absolute atomic E-state index is 0.588. The van der Waals surface area contributed by atoms with E-state index in [1.807, 2.05) is 0 Å². The molecule has 0 rings (SSSR count). The molecule has 106 valence electrons. The van der Waals surface area contributed by atoms with Gasteiger partial charge in [-0.25, -0.2) is 0 Å². The molecule has 18 heavy (non-hydrogen) atoms. The molecule has 0 aromatic carbocycles. The van der Waals surface area contributed by atoms with E-state index in [-0.39, 0.29) is 0 Å². The fourth-order valence-electron chi connectivity index (χ4n) is 1.52. The first-order valence-corrected chi connectivity index (χ1v) is 7.05. The van der Waals surface area contributed by atoms with Gasteiger partial charge in [-0.2, -0.15) is 0 Å². The van der Waals surface area contributed by atoms with Crippen molar-refractivity contribution in [3.63, 3.8) is 0 Å². The fourth-order valence-corrected chi connectivity index (χ4v) is 1.52. The molecular weight excluding hydrogens is 222 g/mol. The fraction of sp³-hybridized carbons (Fsp3) is 0.733. The number of hydrogen-bond donors (Lipinski definition) is 2. The lowest BCUT2D eigenvalue weighted by Crippen LogP contribution is -2.32. The molecule has 0 amide bonds. The molecule has 0 aliphatic carbocycles. The Balaban J connectivity index is 3.67. The second kappa shape index (κ2) is 10.0. The molecule has 3 nitrogen and oxygen atoms in total. The van der Waals surface area contributed by atoms with Crippen LogP contribution in [0.15, 0.2) is 24.6 Å². The predicted molar refractivity (Wildman–Crippen MR) is 81.3 cm³/mol. The molecule has 0 radical (unpaired) electrons. The average molecular weight is 253 g/mol. The molecule has 0 bridgehead atoms. The molecule has 0 aromatic rings. The highest BCUT2D eigenvalue weighted by atomic mass is 15.2. The van der Waals surface area contributed by atoms with Crippen LogP contribution in [0.1, 0.15) is 46.5 Å². The maximum Gasteiger partial charge on any atom is 0.0867 e. The summed E-state index contributed by atoms with van der Waals surface area (Å²) in [4.78, 5) is 2.15. The Hall–Kier alpha value is -0.960. The van der Waals surface area contributed by atoms with Crippen molar-refractivity contribution in [1.82, 2.24) is 15.5 Å². The third kappa shape index (κ3) is 8.18. The van der Waals surface area contributed by atoms with Gasteiger partial charge in [-0.05, 0) is 26.2 Å². The van der Waals surface area contributed by atoms with Crippen LogP contribution in [0.4, 0.5) is 0 Å². The van der Waals surface area contributed by atoms with Gasteiger partial charge in [-0.1, -0.05) is 33.4 Å². The van der Waals surface area contributed by atoms with E-state index >= 15 is 0 Å². The second-order valence-electron chi connectivity index (χ2n) is 4.97. The van der Waals surface area contributed by atoms with Gasteiger partial charge in [0.15, 0.2) is 0 Å². The van der Waals surface area contributed by atoms with E-state index in [1.165, 1.54) is 12.1 Å². The summed E-state index contributed by atoms with van der Waals surface area (Å²) in [5.74, 6) is 0. The van der Waals surface area contributed by atoms with Gasteiger partial charge >= 0.3 is 0 Å². The SMILES string of the molecule is C=C(CCNC(C)CC)NCN(C)C(=C)CCC. The monoisotopic (exact) mass is 253 g/mol. The Bertz CT molecular complexity index is 248.